The minimum atomic E-state index is -0.151. The Labute approximate surface area is 127 Å². The van der Waals surface area contributed by atoms with Gasteiger partial charge in [0.15, 0.2) is 0 Å². The van der Waals surface area contributed by atoms with Crippen molar-refractivity contribution in [2.24, 2.45) is 5.92 Å². The van der Waals surface area contributed by atoms with E-state index in [1.807, 2.05) is 11.8 Å². The van der Waals surface area contributed by atoms with Crippen LogP contribution in [0.4, 0.5) is 0 Å². The maximum absolute atomic E-state index is 4.81. The van der Waals surface area contributed by atoms with Crippen molar-refractivity contribution in [2.45, 2.75) is 36.2 Å². The number of thiol groups is 1. The molecule has 1 saturated heterocycles. The molecule has 0 saturated carbocycles. The smallest absolute Gasteiger partial charge is 0.0491 e. The topological polar surface area (TPSA) is 12.0 Å². The molecular weight excluding hydrogens is 270 g/mol. The van der Waals surface area contributed by atoms with Gasteiger partial charge in [-0.05, 0) is 57.5 Å². The van der Waals surface area contributed by atoms with Crippen molar-refractivity contribution in [3.63, 3.8) is 0 Å². The Balaban J connectivity index is 2.30. The summed E-state index contributed by atoms with van der Waals surface area (Å²) in [5.74, 6) is 0.682. The lowest BCUT2D eigenvalue weighted by Crippen LogP contribution is -2.29. The summed E-state index contributed by atoms with van der Waals surface area (Å²) in [4.78, 5) is 0. The van der Waals surface area contributed by atoms with Crippen LogP contribution in [0.25, 0.3) is 0 Å². The zero-order valence-corrected chi connectivity index (χ0v) is 13.9. The van der Waals surface area contributed by atoms with Crippen molar-refractivity contribution in [1.82, 2.24) is 5.32 Å². The molecule has 0 bridgehead atoms. The molecule has 2 aliphatic rings. The monoisotopic (exact) mass is 295 g/mol. The molecule has 1 aliphatic carbocycles. The highest BCUT2D eigenvalue weighted by atomic mass is 32.2. The number of nitrogens with one attached hydrogen (secondary N) is 1. The molecule has 0 radical (unpaired) electrons. The van der Waals surface area contributed by atoms with Gasteiger partial charge in [0.05, 0.1) is 0 Å². The molecule has 0 amide bonds. The lowest BCUT2D eigenvalue weighted by Gasteiger charge is -2.30. The molecule has 2 rings (SSSR count). The molecule has 1 aliphatic heterocycles. The van der Waals surface area contributed by atoms with E-state index in [1.54, 1.807) is 0 Å². The molecule has 1 fully saturated rings. The van der Waals surface area contributed by atoms with Crippen molar-refractivity contribution < 1.29 is 0 Å². The zero-order chi connectivity index (χ0) is 13.9. The van der Waals surface area contributed by atoms with E-state index in [4.69, 9.17) is 12.6 Å². The molecule has 0 spiro atoms. The maximum atomic E-state index is 4.81. The molecule has 1 heterocycles. The van der Waals surface area contributed by atoms with Gasteiger partial charge in [-0.1, -0.05) is 30.4 Å². The first kappa shape index (κ1) is 15.3. The van der Waals surface area contributed by atoms with Gasteiger partial charge in [-0.15, -0.1) is 0 Å². The van der Waals surface area contributed by atoms with Crippen LogP contribution in [0.5, 0.6) is 0 Å². The second kappa shape index (κ2) is 6.11. The molecule has 0 aromatic rings. The second-order valence-electron chi connectivity index (χ2n) is 5.95. The van der Waals surface area contributed by atoms with Crippen molar-refractivity contribution in [3.8, 4) is 0 Å². The molecule has 1 N–H and O–H groups in total. The highest BCUT2D eigenvalue weighted by molar-refractivity contribution is 8.00. The number of allylic oxidation sites excluding steroid dienone is 2. The van der Waals surface area contributed by atoms with E-state index in [0.717, 1.165) is 13.1 Å². The first-order valence-electron chi connectivity index (χ1n) is 7.05. The third-order valence-electron chi connectivity index (χ3n) is 4.07. The number of rotatable bonds is 2. The highest BCUT2D eigenvalue weighted by Crippen LogP contribution is 2.34. The molecule has 2 unspecified atom stereocenters. The fourth-order valence-electron chi connectivity index (χ4n) is 2.63. The van der Waals surface area contributed by atoms with E-state index in [2.05, 4.69) is 55.8 Å². The SMILES string of the molecule is CSC1(C)/C=C\C(C2CCNCC2)=C/C(C)(S)/C=C\1. The Morgan fingerprint density at radius 1 is 1.21 bits per heavy atom. The first-order valence-corrected chi connectivity index (χ1v) is 8.72. The second-order valence-corrected chi connectivity index (χ2v) is 8.20. The summed E-state index contributed by atoms with van der Waals surface area (Å²) in [6.07, 6.45) is 16.2. The van der Waals surface area contributed by atoms with E-state index in [0.29, 0.717) is 5.92 Å². The van der Waals surface area contributed by atoms with Crippen LogP contribution < -0.4 is 5.32 Å². The van der Waals surface area contributed by atoms with E-state index in [9.17, 15) is 0 Å². The van der Waals surface area contributed by atoms with Crippen molar-refractivity contribution in [2.75, 3.05) is 19.3 Å². The molecule has 1 nitrogen and oxygen atoms in total. The quantitative estimate of drug-likeness (QED) is 0.593. The molecule has 106 valence electrons. The van der Waals surface area contributed by atoms with Gasteiger partial charge in [-0.25, -0.2) is 0 Å². The van der Waals surface area contributed by atoms with E-state index in [1.165, 1.54) is 18.4 Å². The lowest BCUT2D eigenvalue weighted by atomic mass is 9.85. The van der Waals surface area contributed by atoms with Gasteiger partial charge in [0.2, 0.25) is 0 Å². The molecule has 0 aromatic carbocycles. The average Bonchev–Trinajstić information content (AvgIpc) is 2.41. The third-order valence-corrected chi connectivity index (χ3v) is 5.50. The predicted molar refractivity (Wildman–Crippen MR) is 91.3 cm³/mol. The van der Waals surface area contributed by atoms with Crippen LogP contribution in [0.1, 0.15) is 26.7 Å². The van der Waals surface area contributed by atoms with Crippen molar-refractivity contribution >= 4 is 24.4 Å². The largest absolute Gasteiger partial charge is 0.317 e. The van der Waals surface area contributed by atoms with Gasteiger partial charge >= 0.3 is 0 Å². The molecule has 3 heteroatoms. The fraction of sp³-hybridized carbons (Fsp3) is 0.625. The van der Waals surface area contributed by atoms with E-state index in [-0.39, 0.29) is 9.49 Å². The van der Waals surface area contributed by atoms with E-state index >= 15 is 0 Å². The maximum Gasteiger partial charge on any atom is 0.0491 e. The van der Waals surface area contributed by atoms with E-state index < -0.39 is 0 Å². The summed E-state index contributed by atoms with van der Waals surface area (Å²) < 4.78 is -0.0711. The summed E-state index contributed by atoms with van der Waals surface area (Å²) in [6.45, 7) is 6.71. The van der Waals surface area contributed by atoms with Gasteiger partial charge in [0.25, 0.3) is 0 Å². The normalized spacial score (nSPS) is 42.8. The van der Waals surface area contributed by atoms with Crippen LogP contribution in [0.3, 0.4) is 0 Å². The third kappa shape index (κ3) is 4.17. The highest BCUT2D eigenvalue weighted by Gasteiger charge is 2.24. The van der Waals surface area contributed by atoms with Crippen LogP contribution in [0.15, 0.2) is 36.0 Å². The summed E-state index contributed by atoms with van der Waals surface area (Å²) in [5, 5.41) is 3.44. The van der Waals surface area contributed by atoms with Gasteiger partial charge in [0, 0.05) is 9.49 Å². The van der Waals surface area contributed by atoms with Gasteiger partial charge in [-0.2, -0.15) is 24.4 Å². The van der Waals surface area contributed by atoms with Crippen molar-refractivity contribution in [1.29, 1.82) is 0 Å². The fourth-order valence-corrected chi connectivity index (χ4v) is 3.26. The first-order chi connectivity index (χ1) is 8.94. The number of piperidine rings is 1. The summed E-state index contributed by atoms with van der Waals surface area (Å²) >= 11 is 6.68. The Morgan fingerprint density at radius 2 is 1.89 bits per heavy atom. The van der Waals surface area contributed by atoms with Crippen LogP contribution in [0, 0.1) is 5.92 Å². The molecule has 2 atom stereocenters. The summed E-state index contributed by atoms with van der Waals surface area (Å²) in [6, 6.07) is 0. The summed E-state index contributed by atoms with van der Waals surface area (Å²) in [7, 11) is 0. The van der Waals surface area contributed by atoms with Crippen LogP contribution in [-0.4, -0.2) is 28.8 Å². The van der Waals surface area contributed by atoms with Crippen LogP contribution >= 0.6 is 24.4 Å². The Bertz CT molecular complexity index is 403. The van der Waals surface area contributed by atoms with Crippen molar-refractivity contribution in [3.05, 3.63) is 36.0 Å². The Morgan fingerprint density at radius 3 is 2.53 bits per heavy atom. The standard InChI is InChI=1S/C16H25NS2/c1-15(18)8-9-16(2,19-3)7-4-14(12-15)13-5-10-17-11-6-13/h4,7-9,12-13,17-18H,5-6,10-11H2,1-3H3/b7-4-,9-8-,14-12+. The van der Waals surface area contributed by atoms with Crippen LogP contribution in [-0.2, 0) is 0 Å². The minimum absolute atomic E-state index is 0.0798. The Hall–Kier alpha value is -0.120. The number of thioether (sulfide) groups is 1. The van der Waals surface area contributed by atoms with Gasteiger partial charge in [0.1, 0.15) is 0 Å². The van der Waals surface area contributed by atoms with Crippen LogP contribution in [0.2, 0.25) is 0 Å². The van der Waals surface area contributed by atoms with Gasteiger partial charge in [-0.3, -0.25) is 0 Å². The zero-order valence-electron chi connectivity index (χ0n) is 12.1. The number of hydrogen-bond donors (Lipinski definition) is 2. The minimum Gasteiger partial charge on any atom is -0.317 e. The predicted octanol–water partition coefficient (Wildman–Crippen LogP) is 3.85. The average molecular weight is 296 g/mol. The summed E-state index contributed by atoms with van der Waals surface area (Å²) in [5.41, 5.74) is 1.46. The molecule has 19 heavy (non-hydrogen) atoms. The Kier molecular flexibility index (Phi) is 4.91. The molecule has 0 aromatic heterocycles. The lowest BCUT2D eigenvalue weighted by molar-refractivity contribution is 0.424. The number of hydrogen-bond acceptors (Lipinski definition) is 3. The van der Waals surface area contributed by atoms with Gasteiger partial charge < -0.3 is 5.32 Å². The molecular formula is C16H25NS2.